The first kappa shape index (κ1) is 23.9. The maximum atomic E-state index is 14.0. The molecular formula is C24H27N5O3S2. The Hall–Kier alpha value is -3.24. The van der Waals surface area contributed by atoms with Crippen molar-refractivity contribution in [1.82, 2.24) is 9.69 Å². The zero-order valence-corrected chi connectivity index (χ0v) is 20.7. The van der Waals surface area contributed by atoms with Gasteiger partial charge >= 0.3 is 0 Å². The predicted molar refractivity (Wildman–Crippen MR) is 135 cm³/mol. The molecule has 0 bridgehead atoms. The molecule has 0 spiro atoms. The van der Waals surface area contributed by atoms with Gasteiger partial charge in [-0.25, -0.2) is 0 Å². The highest BCUT2D eigenvalue weighted by atomic mass is 32.1. The van der Waals surface area contributed by atoms with E-state index in [9.17, 15) is 14.4 Å². The molecule has 3 aromatic rings. The lowest BCUT2D eigenvalue weighted by molar-refractivity contribution is -0.123. The summed E-state index contributed by atoms with van der Waals surface area (Å²) in [6, 6.07) is 8.49. The number of benzene rings is 1. The van der Waals surface area contributed by atoms with Crippen molar-refractivity contribution in [1.29, 1.82) is 0 Å². The molecule has 1 aromatic carbocycles. The van der Waals surface area contributed by atoms with Gasteiger partial charge in [0.15, 0.2) is 11.7 Å². The van der Waals surface area contributed by atoms with Crippen LogP contribution in [0.25, 0.3) is 0 Å². The first-order chi connectivity index (χ1) is 16.3. The number of nitrogens with one attached hydrogen (secondary N) is 1. The molecule has 178 valence electrons. The van der Waals surface area contributed by atoms with Crippen LogP contribution in [0.3, 0.4) is 0 Å². The summed E-state index contributed by atoms with van der Waals surface area (Å²) in [5.74, 6) is -1.56. The number of nitrogens with zero attached hydrogens (tertiary/aromatic N) is 2. The highest BCUT2D eigenvalue weighted by Crippen LogP contribution is 2.37. The van der Waals surface area contributed by atoms with Gasteiger partial charge in [0, 0.05) is 16.6 Å². The number of primary amides is 1. The van der Waals surface area contributed by atoms with Crippen LogP contribution in [-0.2, 0) is 4.79 Å². The lowest BCUT2D eigenvalue weighted by atomic mass is 10.0. The predicted octanol–water partition coefficient (Wildman–Crippen LogP) is 3.95. The third-order valence-electron chi connectivity index (χ3n) is 6.23. The number of carbonyl (C=O) groups excluding carboxylic acids is 3. The monoisotopic (exact) mass is 497 g/mol. The lowest BCUT2D eigenvalue weighted by Gasteiger charge is -2.32. The molecular weight excluding hydrogens is 470 g/mol. The molecule has 34 heavy (non-hydrogen) atoms. The fourth-order valence-electron chi connectivity index (χ4n) is 4.27. The molecule has 10 heteroatoms. The van der Waals surface area contributed by atoms with Crippen LogP contribution in [0.4, 0.5) is 11.4 Å². The number of rotatable bonds is 7. The number of amides is 3. The highest BCUT2D eigenvalue weighted by Gasteiger charge is 2.38. The van der Waals surface area contributed by atoms with Crippen molar-refractivity contribution in [2.75, 3.05) is 10.6 Å². The summed E-state index contributed by atoms with van der Waals surface area (Å²) in [7, 11) is 0. The number of anilines is 2. The summed E-state index contributed by atoms with van der Waals surface area (Å²) >= 11 is 2.21. The van der Waals surface area contributed by atoms with Gasteiger partial charge in [-0.15, -0.1) is 11.3 Å². The normalized spacial score (nSPS) is 14.6. The fourth-order valence-corrected chi connectivity index (χ4v) is 5.83. The van der Waals surface area contributed by atoms with Crippen molar-refractivity contribution >= 4 is 52.0 Å². The van der Waals surface area contributed by atoms with Gasteiger partial charge in [-0.3, -0.25) is 19.3 Å². The van der Waals surface area contributed by atoms with Crippen molar-refractivity contribution in [3.05, 3.63) is 62.3 Å². The number of thiophene rings is 1. The first-order valence-electron chi connectivity index (χ1n) is 11.1. The van der Waals surface area contributed by atoms with Gasteiger partial charge < -0.3 is 16.8 Å². The molecule has 0 radical (unpaired) electrons. The summed E-state index contributed by atoms with van der Waals surface area (Å²) in [5, 5.41) is 5.03. The van der Waals surface area contributed by atoms with Gasteiger partial charge in [-0.1, -0.05) is 31.0 Å². The van der Waals surface area contributed by atoms with Crippen molar-refractivity contribution in [3.8, 4) is 0 Å². The Labute approximate surface area is 206 Å². The quantitative estimate of drug-likeness (QED) is 0.455. The number of aromatic nitrogens is 1. The number of nitrogen functional groups attached to an aromatic ring is 1. The second-order valence-electron chi connectivity index (χ2n) is 8.44. The summed E-state index contributed by atoms with van der Waals surface area (Å²) in [5.41, 5.74) is 13.7. The number of hydrogen-bond donors (Lipinski definition) is 3. The summed E-state index contributed by atoms with van der Waals surface area (Å²) in [4.78, 5) is 41.8. The van der Waals surface area contributed by atoms with Gasteiger partial charge in [0.2, 0.25) is 5.91 Å². The van der Waals surface area contributed by atoms with E-state index in [1.165, 1.54) is 16.2 Å². The van der Waals surface area contributed by atoms with E-state index in [0.29, 0.717) is 5.69 Å². The second-order valence-corrected chi connectivity index (χ2v) is 10.2. The lowest BCUT2D eigenvalue weighted by Crippen LogP contribution is -2.46. The molecule has 3 amide bonds. The van der Waals surface area contributed by atoms with E-state index in [2.05, 4.69) is 9.69 Å². The maximum Gasteiger partial charge on any atom is 0.273 e. The van der Waals surface area contributed by atoms with E-state index in [0.717, 1.165) is 53.2 Å². The fraction of sp³-hybridized carbons (Fsp3) is 0.333. The third-order valence-corrected chi connectivity index (χ3v) is 8.01. The number of hydrogen-bond acceptors (Lipinski definition) is 7. The van der Waals surface area contributed by atoms with Crippen molar-refractivity contribution in [3.63, 3.8) is 0 Å². The number of aryl methyl sites for hydroxylation is 1. The maximum absolute atomic E-state index is 14.0. The van der Waals surface area contributed by atoms with Crippen LogP contribution >= 0.6 is 22.9 Å². The zero-order valence-electron chi connectivity index (χ0n) is 19.0. The standard InChI is InChI=1S/C24H27N5O3S2/c1-13-7-5-10-16(14(13)2)29(24(32)21-18(25)19(22(26)30)28-34-21)20(17-11-6-12-33-17)23(31)27-15-8-3-4-9-15/h5-7,10-12,15,20H,3-4,8-9,25H2,1-2H3,(H2,26,30)(H,27,31). The van der Waals surface area contributed by atoms with Gasteiger partial charge in [-0.2, -0.15) is 4.37 Å². The number of nitrogens with two attached hydrogens (primary N) is 2. The zero-order chi connectivity index (χ0) is 24.4. The Bertz CT molecular complexity index is 1220. The van der Waals surface area contributed by atoms with Crippen LogP contribution in [0.5, 0.6) is 0 Å². The molecule has 1 atom stereocenters. The van der Waals surface area contributed by atoms with Crippen LogP contribution in [0, 0.1) is 13.8 Å². The molecule has 2 heterocycles. The van der Waals surface area contributed by atoms with Crippen LogP contribution in [0.1, 0.15) is 67.9 Å². The van der Waals surface area contributed by atoms with Crippen LogP contribution in [-0.4, -0.2) is 28.1 Å². The smallest absolute Gasteiger partial charge is 0.273 e. The molecule has 1 saturated carbocycles. The van der Waals surface area contributed by atoms with E-state index in [4.69, 9.17) is 11.5 Å². The van der Waals surface area contributed by atoms with Gasteiger partial charge in [-0.05, 0) is 66.9 Å². The molecule has 1 aliphatic rings. The van der Waals surface area contributed by atoms with Crippen molar-refractivity contribution < 1.29 is 14.4 Å². The Morgan fingerprint density at radius 3 is 2.50 bits per heavy atom. The van der Waals surface area contributed by atoms with Gasteiger partial charge in [0.05, 0.1) is 5.69 Å². The molecule has 1 aliphatic carbocycles. The van der Waals surface area contributed by atoms with Crippen LogP contribution in [0.15, 0.2) is 35.7 Å². The van der Waals surface area contributed by atoms with E-state index in [-0.39, 0.29) is 28.2 Å². The Balaban J connectivity index is 1.86. The van der Waals surface area contributed by atoms with Gasteiger partial charge in [0.1, 0.15) is 4.88 Å². The van der Waals surface area contributed by atoms with E-state index < -0.39 is 17.9 Å². The Kier molecular flexibility index (Phi) is 6.99. The molecule has 2 aromatic heterocycles. The molecule has 5 N–H and O–H groups in total. The summed E-state index contributed by atoms with van der Waals surface area (Å²) in [6.07, 6.45) is 3.98. The average Bonchev–Trinajstić information content (AvgIpc) is 3.56. The third kappa shape index (κ3) is 4.55. The molecule has 0 aliphatic heterocycles. The minimum absolute atomic E-state index is 0.0704. The minimum atomic E-state index is -0.910. The van der Waals surface area contributed by atoms with Crippen molar-refractivity contribution in [2.24, 2.45) is 5.73 Å². The van der Waals surface area contributed by atoms with Crippen molar-refractivity contribution in [2.45, 2.75) is 51.6 Å². The number of carbonyl (C=O) groups is 3. The molecule has 8 nitrogen and oxygen atoms in total. The Morgan fingerprint density at radius 1 is 1.15 bits per heavy atom. The molecule has 1 fully saturated rings. The molecule has 0 saturated heterocycles. The minimum Gasteiger partial charge on any atom is -0.395 e. The summed E-state index contributed by atoms with van der Waals surface area (Å²) in [6.45, 7) is 3.86. The first-order valence-corrected chi connectivity index (χ1v) is 12.7. The van der Waals surface area contributed by atoms with Crippen LogP contribution < -0.4 is 21.7 Å². The topological polar surface area (TPSA) is 131 Å². The average molecular weight is 498 g/mol. The Morgan fingerprint density at radius 2 is 1.88 bits per heavy atom. The largest absolute Gasteiger partial charge is 0.395 e. The van der Waals surface area contributed by atoms with E-state index in [1.54, 1.807) is 0 Å². The summed E-state index contributed by atoms with van der Waals surface area (Å²) < 4.78 is 4.00. The van der Waals surface area contributed by atoms with E-state index >= 15 is 0 Å². The molecule has 4 rings (SSSR count). The highest BCUT2D eigenvalue weighted by molar-refractivity contribution is 7.10. The van der Waals surface area contributed by atoms with Gasteiger partial charge in [0.25, 0.3) is 11.8 Å². The van der Waals surface area contributed by atoms with Crippen LogP contribution in [0.2, 0.25) is 0 Å². The SMILES string of the molecule is Cc1cccc(N(C(=O)c2snc(C(N)=O)c2N)C(C(=O)NC2CCCC2)c2cccs2)c1C. The molecule has 1 unspecified atom stereocenters. The van der Waals surface area contributed by atoms with E-state index in [1.807, 2.05) is 49.6 Å². The second kappa shape index (κ2) is 9.94.